The van der Waals surface area contributed by atoms with Crippen molar-refractivity contribution in [3.63, 3.8) is 0 Å². The minimum Gasteiger partial charge on any atom is -0.497 e. The molecule has 3 nitrogen and oxygen atoms in total. The first-order valence-electron chi connectivity index (χ1n) is 5.66. The molecule has 0 unspecified atom stereocenters. The first-order chi connectivity index (χ1) is 9.13. The second-order valence-electron chi connectivity index (χ2n) is 4.19. The number of H-pyrrole nitrogens is 1. The van der Waals surface area contributed by atoms with Crippen molar-refractivity contribution in [1.82, 2.24) is 4.98 Å². The molecule has 0 atom stereocenters. The van der Waals surface area contributed by atoms with Crippen molar-refractivity contribution in [1.29, 1.82) is 0 Å². The van der Waals surface area contributed by atoms with E-state index in [9.17, 15) is 8.78 Å². The van der Waals surface area contributed by atoms with Gasteiger partial charge in [0.15, 0.2) is 0 Å². The predicted molar refractivity (Wildman–Crippen MR) is 68.8 cm³/mol. The minimum absolute atomic E-state index is 0.316. The smallest absolute Gasteiger partial charge is 0.136 e. The lowest BCUT2D eigenvalue weighted by Gasteiger charge is -2.06. The molecule has 2 aromatic carbocycles. The van der Waals surface area contributed by atoms with Crippen molar-refractivity contribution < 1.29 is 18.3 Å². The zero-order chi connectivity index (χ0) is 13.6. The number of aromatic nitrogens is 1. The van der Waals surface area contributed by atoms with Crippen LogP contribution >= 0.6 is 0 Å². The van der Waals surface area contributed by atoms with Crippen LogP contribution in [0.15, 0.2) is 24.3 Å². The predicted octanol–water partition coefficient (Wildman–Crippen LogP) is 3.62. The molecule has 5 heteroatoms. The van der Waals surface area contributed by atoms with Crippen molar-refractivity contribution in [3.8, 4) is 11.5 Å². The van der Waals surface area contributed by atoms with Crippen LogP contribution in [0.5, 0.6) is 11.5 Å². The molecule has 0 saturated heterocycles. The fourth-order valence-corrected chi connectivity index (χ4v) is 2.30. The molecule has 0 amide bonds. The summed E-state index contributed by atoms with van der Waals surface area (Å²) in [5.74, 6) is -0.185. The van der Waals surface area contributed by atoms with E-state index in [1.807, 2.05) is 0 Å². The van der Waals surface area contributed by atoms with Gasteiger partial charge in [-0.3, -0.25) is 0 Å². The second-order valence-corrected chi connectivity index (χ2v) is 4.19. The van der Waals surface area contributed by atoms with Gasteiger partial charge in [-0.15, -0.1) is 0 Å². The van der Waals surface area contributed by atoms with Gasteiger partial charge in [0.05, 0.1) is 30.6 Å². The van der Waals surface area contributed by atoms with Crippen molar-refractivity contribution in [2.45, 2.75) is 0 Å². The van der Waals surface area contributed by atoms with E-state index in [1.165, 1.54) is 20.3 Å². The quantitative estimate of drug-likeness (QED) is 0.766. The number of hydrogen-bond donors (Lipinski definition) is 1. The van der Waals surface area contributed by atoms with Crippen molar-refractivity contribution >= 4 is 21.8 Å². The maximum Gasteiger partial charge on any atom is 0.136 e. The van der Waals surface area contributed by atoms with Crippen molar-refractivity contribution in [2.75, 3.05) is 14.2 Å². The molecule has 0 aliphatic rings. The topological polar surface area (TPSA) is 34.2 Å². The Morgan fingerprint density at radius 3 is 2.32 bits per heavy atom. The van der Waals surface area contributed by atoms with Crippen LogP contribution in [0.4, 0.5) is 8.78 Å². The van der Waals surface area contributed by atoms with Gasteiger partial charge in [-0.05, 0) is 6.07 Å². The molecule has 98 valence electrons. The Morgan fingerprint density at radius 2 is 1.63 bits per heavy atom. The van der Waals surface area contributed by atoms with E-state index in [0.29, 0.717) is 33.3 Å². The van der Waals surface area contributed by atoms with Crippen molar-refractivity contribution in [2.24, 2.45) is 0 Å². The van der Waals surface area contributed by atoms with Gasteiger partial charge in [-0.2, -0.15) is 0 Å². The molecular weight excluding hydrogens is 252 g/mol. The SMILES string of the molecule is COc1cc(OC)c2c(c1)[nH]c1cc(F)cc(F)c12. The lowest BCUT2D eigenvalue weighted by molar-refractivity contribution is 0.398. The molecular formula is C14H11F2NO2. The molecule has 0 spiro atoms. The van der Waals surface area contributed by atoms with Crippen LogP contribution in [0, 0.1) is 11.6 Å². The summed E-state index contributed by atoms with van der Waals surface area (Å²) in [7, 11) is 3.03. The Kier molecular flexibility index (Phi) is 2.55. The Hall–Kier alpha value is -2.30. The molecule has 1 aromatic heterocycles. The van der Waals surface area contributed by atoms with Crippen LogP contribution in [-0.4, -0.2) is 19.2 Å². The summed E-state index contributed by atoms with van der Waals surface area (Å²) in [5.41, 5.74) is 1.02. The van der Waals surface area contributed by atoms with Gasteiger partial charge in [0, 0.05) is 23.6 Å². The molecule has 3 rings (SSSR count). The number of nitrogens with one attached hydrogen (secondary N) is 1. The number of hydrogen-bond acceptors (Lipinski definition) is 2. The molecule has 19 heavy (non-hydrogen) atoms. The zero-order valence-electron chi connectivity index (χ0n) is 10.4. The van der Waals surface area contributed by atoms with Crippen LogP contribution in [-0.2, 0) is 0 Å². The molecule has 0 radical (unpaired) electrons. The fourth-order valence-electron chi connectivity index (χ4n) is 2.30. The summed E-state index contributed by atoms with van der Waals surface area (Å²) >= 11 is 0. The Bertz CT molecular complexity index is 780. The summed E-state index contributed by atoms with van der Waals surface area (Å²) < 4.78 is 37.6. The van der Waals surface area contributed by atoms with Gasteiger partial charge in [-0.1, -0.05) is 0 Å². The molecule has 0 aliphatic carbocycles. The summed E-state index contributed by atoms with van der Waals surface area (Å²) in [6, 6.07) is 5.50. The highest BCUT2D eigenvalue weighted by Gasteiger charge is 2.16. The average molecular weight is 263 g/mol. The molecule has 0 bridgehead atoms. The van der Waals surface area contributed by atoms with Gasteiger partial charge in [0.2, 0.25) is 0 Å². The number of methoxy groups -OCH3 is 2. The summed E-state index contributed by atoms with van der Waals surface area (Å²) in [6.07, 6.45) is 0. The number of aromatic amines is 1. The van der Waals surface area contributed by atoms with Gasteiger partial charge >= 0.3 is 0 Å². The Balaban J connectivity index is 2.51. The molecule has 1 heterocycles. The highest BCUT2D eigenvalue weighted by molar-refractivity contribution is 6.11. The molecule has 1 N–H and O–H groups in total. The maximum atomic E-state index is 14.0. The summed E-state index contributed by atoms with van der Waals surface area (Å²) in [4.78, 5) is 2.97. The monoisotopic (exact) mass is 263 g/mol. The largest absolute Gasteiger partial charge is 0.497 e. The van der Waals surface area contributed by atoms with Gasteiger partial charge < -0.3 is 14.5 Å². The Labute approximate surface area is 107 Å². The Morgan fingerprint density at radius 1 is 0.895 bits per heavy atom. The molecule has 0 aliphatic heterocycles. The van der Waals surface area contributed by atoms with E-state index in [-0.39, 0.29) is 0 Å². The highest BCUT2D eigenvalue weighted by Crippen LogP contribution is 2.37. The second kappa shape index (κ2) is 4.12. The minimum atomic E-state index is -0.623. The molecule has 3 aromatic rings. The first kappa shape index (κ1) is 11.8. The van der Waals surface area contributed by atoms with E-state index in [2.05, 4.69) is 4.98 Å². The average Bonchev–Trinajstić information content (AvgIpc) is 2.75. The summed E-state index contributed by atoms with van der Waals surface area (Å²) in [5, 5.41) is 0.895. The highest BCUT2D eigenvalue weighted by atomic mass is 19.1. The zero-order valence-corrected chi connectivity index (χ0v) is 10.4. The van der Waals surface area contributed by atoms with Crippen molar-refractivity contribution in [3.05, 3.63) is 35.9 Å². The third-order valence-corrected chi connectivity index (χ3v) is 3.11. The standard InChI is InChI=1S/C14H11F2NO2/c1-18-8-5-11-14(12(6-8)19-2)13-9(16)3-7(15)4-10(13)17-11/h3-6,17H,1-2H3. The van der Waals surface area contributed by atoms with E-state index in [1.54, 1.807) is 12.1 Å². The van der Waals surface area contributed by atoms with E-state index >= 15 is 0 Å². The number of rotatable bonds is 2. The lowest BCUT2D eigenvalue weighted by Crippen LogP contribution is -1.88. The molecule has 0 saturated carbocycles. The first-order valence-corrected chi connectivity index (χ1v) is 5.66. The fraction of sp³-hybridized carbons (Fsp3) is 0.143. The lowest BCUT2D eigenvalue weighted by atomic mass is 10.1. The number of benzene rings is 2. The van der Waals surface area contributed by atoms with E-state index < -0.39 is 11.6 Å². The summed E-state index contributed by atoms with van der Waals surface area (Å²) in [6.45, 7) is 0. The maximum absolute atomic E-state index is 14.0. The molecule has 0 fully saturated rings. The third kappa shape index (κ3) is 1.69. The normalized spacial score (nSPS) is 11.2. The number of fused-ring (bicyclic) bond motifs is 3. The van der Waals surface area contributed by atoms with Gasteiger partial charge in [0.25, 0.3) is 0 Å². The van der Waals surface area contributed by atoms with Gasteiger partial charge in [-0.25, -0.2) is 8.78 Å². The third-order valence-electron chi connectivity index (χ3n) is 3.11. The van der Waals surface area contributed by atoms with E-state index in [0.717, 1.165) is 6.07 Å². The van der Waals surface area contributed by atoms with Crippen LogP contribution < -0.4 is 9.47 Å². The van der Waals surface area contributed by atoms with Crippen LogP contribution in [0.3, 0.4) is 0 Å². The number of halogens is 2. The van der Waals surface area contributed by atoms with Crippen LogP contribution in [0.2, 0.25) is 0 Å². The van der Waals surface area contributed by atoms with Crippen LogP contribution in [0.25, 0.3) is 21.8 Å². The van der Waals surface area contributed by atoms with Gasteiger partial charge in [0.1, 0.15) is 23.1 Å². The van der Waals surface area contributed by atoms with E-state index in [4.69, 9.17) is 9.47 Å². The number of ether oxygens (including phenoxy) is 2. The van der Waals surface area contributed by atoms with Crippen LogP contribution in [0.1, 0.15) is 0 Å².